The van der Waals surface area contributed by atoms with Crippen molar-refractivity contribution in [2.45, 2.75) is 6.92 Å². The number of halogens is 1. The second kappa shape index (κ2) is 4.36. The van der Waals surface area contributed by atoms with E-state index in [0.29, 0.717) is 5.56 Å². The highest BCUT2D eigenvalue weighted by atomic mass is 35.5. The van der Waals surface area contributed by atoms with Crippen LogP contribution in [0.3, 0.4) is 0 Å². The molecule has 0 aliphatic rings. The number of nitrogens with zero attached hydrogens (tertiary/aromatic N) is 2. The third-order valence-electron chi connectivity index (χ3n) is 1.73. The lowest BCUT2D eigenvalue weighted by Crippen LogP contribution is -2.06. The first-order valence-electron chi connectivity index (χ1n) is 4.46. The smallest absolute Gasteiger partial charge is 0.379 e. The zero-order valence-electron chi connectivity index (χ0n) is 8.27. The molecule has 2 heterocycles. The molecular formula is C9H7ClN2O4. The lowest BCUT2D eigenvalue weighted by Gasteiger charge is -1.93. The molecule has 0 aliphatic carbocycles. The minimum atomic E-state index is -0.642. The van der Waals surface area contributed by atoms with Gasteiger partial charge in [-0.3, -0.25) is 0 Å². The van der Waals surface area contributed by atoms with Gasteiger partial charge >= 0.3 is 5.97 Å². The number of rotatable bonds is 3. The average molecular weight is 243 g/mol. The third kappa shape index (κ3) is 1.92. The van der Waals surface area contributed by atoms with Crippen LogP contribution in [0.2, 0.25) is 5.22 Å². The van der Waals surface area contributed by atoms with E-state index >= 15 is 0 Å². The molecule has 0 fully saturated rings. The van der Waals surface area contributed by atoms with Crippen molar-refractivity contribution in [3.63, 3.8) is 0 Å². The number of esters is 1. The largest absolute Gasteiger partial charge is 0.460 e. The van der Waals surface area contributed by atoms with Crippen LogP contribution in [-0.4, -0.2) is 22.7 Å². The summed E-state index contributed by atoms with van der Waals surface area (Å²) in [5.74, 6) is -0.673. The summed E-state index contributed by atoms with van der Waals surface area (Å²) in [5, 5.41) is 3.59. The fraction of sp³-hybridized carbons (Fsp3) is 0.222. The van der Waals surface area contributed by atoms with Crippen molar-refractivity contribution in [3.8, 4) is 11.5 Å². The Balaban J connectivity index is 2.26. The minimum Gasteiger partial charge on any atom is -0.460 e. The Bertz CT molecular complexity index is 505. The van der Waals surface area contributed by atoms with Crippen LogP contribution in [0.15, 0.2) is 21.3 Å². The predicted molar refractivity (Wildman–Crippen MR) is 53.0 cm³/mol. The standard InChI is InChI=1S/C9H7ClN2O4/c1-2-14-9(13)7-11-8(16-12-7)5-3-4-15-6(5)10/h3-4H,2H2,1H3. The highest BCUT2D eigenvalue weighted by Gasteiger charge is 2.19. The van der Waals surface area contributed by atoms with Crippen LogP contribution in [0.1, 0.15) is 17.5 Å². The third-order valence-corrected chi connectivity index (χ3v) is 2.03. The first-order chi connectivity index (χ1) is 7.72. The molecule has 0 unspecified atom stereocenters. The second-order valence-corrected chi connectivity index (χ2v) is 3.09. The predicted octanol–water partition coefficient (Wildman–Crippen LogP) is 2.16. The van der Waals surface area contributed by atoms with Gasteiger partial charge in [0.2, 0.25) is 5.22 Å². The molecule has 7 heteroatoms. The maximum absolute atomic E-state index is 11.2. The van der Waals surface area contributed by atoms with Gasteiger partial charge in [0, 0.05) is 0 Å². The van der Waals surface area contributed by atoms with E-state index in [2.05, 4.69) is 10.1 Å². The Morgan fingerprint density at radius 1 is 1.62 bits per heavy atom. The number of hydrogen-bond donors (Lipinski definition) is 0. The van der Waals surface area contributed by atoms with Gasteiger partial charge < -0.3 is 13.7 Å². The Kier molecular flexibility index (Phi) is 2.91. The molecule has 0 bridgehead atoms. The summed E-state index contributed by atoms with van der Waals surface area (Å²) in [5.41, 5.74) is 0.435. The quantitative estimate of drug-likeness (QED) is 0.768. The summed E-state index contributed by atoms with van der Waals surface area (Å²) in [7, 11) is 0. The molecule has 2 rings (SSSR count). The van der Waals surface area contributed by atoms with Gasteiger partial charge in [0.15, 0.2) is 0 Å². The van der Waals surface area contributed by atoms with E-state index in [-0.39, 0.29) is 23.5 Å². The van der Waals surface area contributed by atoms with Crippen molar-refractivity contribution < 1.29 is 18.5 Å². The zero-order valence-corrected chi connectivity index (χ0v) is 9.02. The van der Waals surface area contributed by atoms with Crippen molar-refractivity contribution in [3.05, 3.63) is 23.4 Å². The van der Waals surface area contributed by atoms with E-state index in [9.17, 15) is 4.79 Å². The first-order valence-corrected chi connectivity index (χ1v) is 4.84. The van der Waals surface area contributed by atoms with Crippen LogP contribution in [0.4, 0.5) is 0 Å². The summed E-state index contributed by atoms with van der Waals surface area (Å²) in [6.45, 7) is 1.93. The number of furan rings is 1. The number of ether oxygens (including phenoxy) is 1. The van der Waals surface area contributed by atoms with Crippen LogP contribution in [0.5, 0.6) is 0 Å². The molecule has 6 nitrogen and oxygen atoms in total. The van der Waals surface area contributed by atoms with Crippen LogP contribution in [0.25, 0.3) is 11.5 Å². The number of carbonyl (C=O) groups excluding carboxylic acids is 1. The van der Waals surface area contributed by atoms with Gasteiger partial charge in [-0.05, 0) is 29.7 Å². The minimum absolute atomic E-state index is 0.113. The molecular weight excluding hydrogens is 236 g/mol. The van der Waals surface area contributed by atoms with Crippen LogP contribution >= 0.6 is 11.6 Å². The van der Waals surface area contributed by atoms with Gasteiger partial charge in [-0.1, -0.05) is 0 Å². The van der Waals surface area contributed by atoms with Gasteiger partial charge in [0.25, 0.3) is 11.7 Å². The highest BCUT2D eigenvalue weighted by molar-refractivity contribution is 6.31. The molecule has 0 N–H and O–H groups in total. The molecule has 0 saturated heterocycles. The maximum Gasteiger partial charge on any atom is 0.379 e. The fourth-order valence-corrected chi connectivity index (χ4v) is 1.25. The van der Waals surface area contributed by atoms with Gasteiger partial charge in [0.1, 0.15) is 0 Å². The van der Waals surface area contributed by atoms with E-state index in [0.717, 1.165) is 0 Å². The molecule has 2 aromatic rings. The average Bonchev–Trinajstić information content (AvgIpc) is 2.86. The Morgan fingerprint density at radius 2 is 2.44 bits per heavy atom. The number of aromatic nitrogens is 2. The van der Waals surface area contributed by atoms with Gasteiger partial charge in [0.05, 0.1) is 18.4 Å². The van der Waals surface area contributed by atoms with Crippen molar-refractivity contribution >= 4 is 17.6 Å². The first kappa shape index (κ1) is 10.7. The lowest BCUT2D eigenvalue weighted by atomic mass is 10.3. The monoisotopic (exact) mass is 242 g/mol. The lowest BCUT2D eigenvalue weighted by molar-refractivity contribution is 0.0508. The van der Waals surface area contributed by atoms with Gasteiger partial charge in [-0.15, -0.1) is 0 Å². The van der Waals surface area contributed by atoms with E-state index in [1.807, 2.05) is 0 Å². The maximum atomic E-state index is 11.2. The molecule has 0 amide bonds. The number of carbonyl (C=O) groups is 1. The normalized spacial score (nSPS) is 10.4. The number of hydrogen-bond acceptors (Lipinski definition) is 6. The summed E-state index contributed by atoms with van der Waals surface area (Å²) in [4.78, 5) is 15.1. The van der Waals surface area contributed by atoms with E-state index in [1.165, 1.54) is 6.26 Å². The molecule has 0 saturated carbocycles. The second-order valence-electron chi connectivity index (χ2n) is 2.75. The van der Waals surface area contributed by atoms with Crippen molar-refractivity contribution in [1.82, 2.24) is 10.1 Å². The van der Waals surface area contributed by atoms with Crippen molar-refractivity contribution in [2.75, 3.05) is 6.61 Å². The summed E-state index contributed by atoms with van der Waals surface area (Å²) in [6, 6.07) is 1.56. The molecule has 84 valence electrons. The molecule has 0 aromatic carbocycles. The van der Waals surface area contributed by atoms with Gasteiger partial charge in [-0.25, -0.2) is 4.79 Å². The Labute approximate surface area is 95.1 Å². The molecule has 0 aliphatic heterocycles. The van der Waals surface area contributed by atoms with Crippen LogP contribution in [0, 0.1) is 0 Å². The Morgan fingerprint density at radius 3 is 3.06 bits per heavy atom. The molecule has 0 spiro atoms. The van der Waals surface area contributed by atoms with Crippen LogP contribution < -0.4 is 0 Å². The summed E-state index contributed by atoms with van der Waals surface area (Å²) in [6.07, 6.45) is 1.38. The SMILES string of the molecule is CCOC(=O)c1noc(-c2ccoc2Cl)n1. The molecule has 2 aromatic heterocycles. The zero-order chi connectivity index (χ0) is 11.5. The van der Waals surface area contributed by atoms with Gasteiger partial charge in [-0.2, -0.15) is 4.98 Å². The van der Waals surface area contributed by atoms with Crippen molar-refractivity contribution in [2.24, 2.45) is 0 Å². The van der Waals surface area contributed by atoms with Crippen LogP contribution in [-0.2, 0) is 4.74 Å². The topological polar surface area (TPSA) is 78.4 Å². The summed E-state index contributed by atoms with van der Waals surface area (Å²) < 4.78 is 14.4. The molecule has 0 radical (unpaired) electrons. The van der Waals surface area contributed by atoms with Crippen molar-refractivity contribution in [1.29, 1.82) is 0 Å². The van der Waals surface area contributed by atoms with E-state index in [1.54, 1.807) is 13.0 Å². The fourth-order valence-electron chi connectivity index (χ4n) is 1.06. The molecule has 16 heavy (non-hydrogen) atoms. The summed E-state index contributed by atoms with van der Waals surface area (Å²) >= 11 is 5.71. The highest BCUT2D eigenvalue weighted by Crippen LogP contribution is 2.27. The molecule has 0 atom stereocenters. The van der Waals surface area contributed by atoms with E-state index < -0.39 is 5.97 Å². The Hall–Kier alpha value is -1.82. The van der Waals surface area contributed by atoms with E-state index in [4.69, 9.17) is 25.3 Å².